The minimum atomic E-state index is -0.939. The summed E-state index contributed by atoms with van der Waals surface area (Å²) in [4.78, 5) is 115. The third-order valence-electron chi connectivity index (χ3n) is 18.0. The Hall–Kier alpha value is -9.92. The second-order valence-corrected chi connectivity index (χ2v) is 25.8. The Morgan fingerprint density at radius 1 is 0.551 bits per heavy atom. The first-order chi connectivity index (χ1) is 52.0. The molecule has 1 aliphatic carbocycles. The molecule has 0 fully saturated rings. The van der Waals surface area contributed by atoms with Crippen LogP contribution in [-0.4, -0.2) is 241 Å². The molecule has 5 heterocycles. The van der Waals surface area contributed by atoms with Gasteiger partial charge in [0, 0.05) is 105 Å². The average molecular weight is 1480 g/mol. The molecule has 0 radical (unpaired) electrons. The number of ketones is 1. The van der Waals surface area contributed by atoms with Gasteiger partial charge in [0.15, 0.2) is 40.3 Å². The van der Waals surface area contributed by atoms with Crippen LogP contribution in [0.1, 0.15) is 84.7 Å². The molecule has 4 N–H and O–H groups in total. The summed E-state index contributed by atoms with van der Waals surface area (Å²) < 4.78 is 78.9. The van der Waals surface area contributed by atoms with Crippen LogP contribution in [0.15, 0.2) is 101 Å². The fraction of sp³-hybridized carbons (Fsp3) is 0.481. The number of fused-ring (bicyclic) bond motifs is 5. The maximum absolute atomic E-state index is 14.3. The lowest BCUT2D eigenvalue weighted by atomic mass is 9.89. The molecular formula is C77H94N8O22. The Kier molecular flexibility index (Phi) is 30.3. The number of methoxy groups -OCH3 is 2. The minimum absolute atomic E-state index is 0.0130. The highest BCUT2D eigenvalue weighted by Crippen LogP contribution is 2.45. The molecule has 0 spiro atoms. The molecule has 7 amide bonds. The lowest BCUT2D eigenvalue weighted by Gasteiger charge is -2.24. The molecule has 30 heteroatoms. The van der Waals surface area contributed by atoms with Gasteiger partial charge in [-0.25, -0.2) is 0 Å². The van der Waals surface area contributed by atoms with Crippen LogP contribution in [0.3, 0.4) is 0 Å². The summed E-state index contributed by atoms with van der Waals surface area (Å²) in [6.45, 7) is 11.8. The molecule has 6 aliphatic rings. The monoisotopic (exact) mass is 1480 g/mol. The molecule has 0 saturated carbocycles. The van der Waals surface area contributed by atoms with Gasteiger partial charge in [0.25, 0.3) is 17.7 Å². The zero-order chi connectivity index (χ0) is 75.4. The zero-order valence-electron chi connectivity index (χ0n) is 60.9. The van der Waals surface area contributed by atoms with Gasteiger partial charge in [-0.05, 0) is 77.9 Å². The normalized spacial score (nSPS) is 17.2. The van der Waals surface area contributed by atoms with Crippen molar-refractivity contribution in [3.8, 4) is 34.5 Å². The first kappa shape index (κ1) is 79.6. The quantitative estimate of drug-likeness (QED) is 0.0274. The van der Waals surface area contributed by atoms with E-state index in [2.05, 4.69) is 21.3 Å². The number of carbonyl (C=O) groups excluding carboxylic acids is 8. The summed E-state index contributed by atoms with van der Waals surface area (Å²) in [5, 5.41) is 11.0. The van der Waals surface area contributed by atoms with Gasteiger partial charge in [0.05, 0.1) is 156 Å². The third kappa shape index (κ3) is 22.8. The van der Waals surface area contributed by atoms with Crippen molar-refractivity contribution in [1.82, 2.24) is 25.8 Å². The van der Waals surface area contributed by atoms with Crippen molar-refractivity contribution in [3.63, 3.8) is 0 Å². The number of ether oxygens (including phenoxy) is 14. The third-order valence-corrected chi connectivity index (χ3v) is 18.0. The van der Waals surface area contributed by atoms with Gasteiger partial charge in [-0.1, -0.05) is 38.1 Å². The number of anilines is 1. The second-order valence-electron chi connectivity index (χ2n) is 25.8. The number of hydrogen-bond donors (Lipinski definition) is 4. The number of rotatable bonds is 46. The summed E-state index contributed by atoms with van der Waals surface area (Å²) in [5.74, 6) is -0.720. The second kappa shape index (κ2) is 40.7. The molecule has 0 bridgehead atoms. The number of hydrogen-bond acceptors (Lipinski definition) is 24. The summed E-state index contributed by atoms with van der Waals surface area (Å²) >= 11 is 0. The van der Waals surface area contributed by atoms with Crippen molar-refractivity contribution in [2.45, 2.75) is 71.0 Å². The van der Waals surface area contributed by atoms with Crippen LogP contribution in [0.4, 0.5) is 17.1 Å². The molecule has 2 unspecified atom stereocenters. The van der Waals surface area contributed by atoms with E-state index in [9.17, 15) is 38.4 Å². The molecule has 5 aliphatic heterocycles. The predicted octanol–water partition coefficient (Wildman–Crippen LogP) is 6.41. The minimum Gasteiger partial charge on any atom is -0.493 e. The standard InChI is InChI=1S/C77H94N8O22/c1-49(2)73(83-70(87)16-21-96-23-25-98-27-29-100-31-33-102-35-36-103-34-32-101-30-28-99-26-24-97-22-17-78-69(86)15-18-84-71(88)13-14-72(84)89)76(92)81-50(3)75(91)82-56-10-7-51(8-11-56)53-37-54-45-79-61-43-67(64(94-4)41-59(61)74(90)58(54)39-53)104-19-6-20-105-68-44-62-60(42-65(68)95-5)77(93)85-47-55(38-57(85)46-80-62)52-9-12-63-66(40-52)107-48-106-63/h7-14,39-47,49-50,54,57-58,73H,6,15-38,48H2,1-5H3,(H,78,86)(H,81,92)(H,82,91)(H,83,87)/t50-,54-,57-,58?,73?/m0/s1. The highest BCUT2D eigenvalue weighted by atomic mass is 16.7. The number of imide groups is 1. The topological polar surface area (TPSA) is 345 Å². The number of amides is 7. The Balaban J connectivity index is 0.539. The highest BCUT2D eigenvalue weighted by molar-refractivity contribution is 6.13. The number of Topliss-reactive ketones (excluding diaryl/α,β-unsaturated/α-hetero) is 1. The largest absolute Gasteiger partial charge is 0.493 e. The van der Waals surface area contributed by atoms with Crippen LogP contribution in [0.5, 0.6) is 34.5 Å². The Labute approximate surface area is 620 Å². The fourth-order valence-electron chi connectivity index (χ4n) is 12.2. The molecule has 0 aromatic heterocycles. The zero-order valence-corrected chi connectivity index (χ0v) is 60.9. The number of benzene rings is 4. The number of allylic oxidation sites excluding steroid dienone is 2. The van der Waals surface area contributed by atoms with Crippen molar-refractivity contribution in [1.29, 1.82) is 0 Å². The number of nitrogens with one attached hydrogen (secondary N) is 4. The van der Waals surface area contributed by atoms with E-state index in [-0.39, 0.29) is 94.0 Å². The lowest BCUT2D eigenvalue weighted by molar-refractivity contribution is -0.137. The molecule has 4 aromatic rings. The van der Waals surface area contributed by atoms with Crippen molar-refractivity contribution in [3.05, 3.63) is 113 Å². The summed E-state index contributed by atoms with van der Waals surface area (Å²) in [7, 11) is 3.03. The SMILES string of the molecule is COc1cc2c(cc1OCCCOc1cc3c(cc1OC)C(=O)N1C=C(c4ccc5c(c4)OCO5)C[C@H]1C=N3)N=C[C@@H]1CC(c3ccc(NC(=O)[C@H](C)NC(=O)C(NC(=O)CCOCCOCCOCCOCCOCCOCCOCCOCCNC(=O)CCN4C(=O)C=CC4=O)C(C)C)cc3)=CC1C2=O. The van der Waals surface area contributed by atoms with Crippen molar-refractivity contribution >= 4 is 87.8 Å². The maximum atomic E-state index is 14.3. The smallest absolute Gasteiger partial charge is 0.260 e. The summed E-state index contributed by atoms with van der Waals surface area (Å²) in [6, 6.07) is 17.7. The fourth-order valence-corrected chi connectivity index (χ4v) is 12.2. The molecule has 4 aromatic carbocycles. The summed E-state index contributed by atoms with van der Waals surface area (Å²) in [5.41, 5.74) is 6.02. The molecule has 107 heavy (non-hydrogen) atoms. The van der Waals surface area contributed by atoms with Gasteiger partial charge in [0.2, 0.25) is 30.4 Å². The molecule has 574 valence electrons. The Morgan fingerprint density at radius 2 is 1.10 bits per heavy atom. The number of carbonyl (C=O) groups is 8. The van der Waals surface area contributed by atoms with E-state index in [1.165, 1.54) is 26.4 Å². The summed E-state index contributed by atoms with van der Waals surface area (Å²) in [6.07, 6.45) is 11.4. The van der Waals surface area contributed by atoms with Gasteiger partial charge in [0.1, 0.15) is 12.1 Å². The molecule has 30 nitrogen and oxygen atoms in total. The van der Waals surface area contributed by atoms with Gasteiger partial charge < -0.3 is 92.5 Å². The molecule has 5 atom stereocenters. The van der Waals surface area contributed by atoms with E-state index in [1.54, 1.807) is 68.3 Å². The van der Waals surface area contributed by atoms with Gasteiger partial charge in [-0.3, -0.25) is 53.2 Å². The van der Waals surface area contributed by atoms with Crippen LogP contribution in [0.2, 0.25) is 0 Å². The van der Waals surface area contributed by atoms with Crippen LogP contribution in [-0.2, 0) is 66.7 Å². The Bertz CT molecular complexity index is 3910. The van der Waals surface area contributed by atoms with E-state index in [4.69, 9.17) is 76.3 Å². The average Bonchev–Trinajstić information content (AvgIpc) is 1.66. The van der Waals surface area contributed by atoms with Gasteiger partial charge in [-0.2, -0.15) is 0 Å². The molecular weight excluding hydrogens is 1390 g/mol. The van der Waals surface area contributed by atoms with E-state index in [1.807, 2.05) is 48.8 Å². The van der Waals surface area contributed by atoms with Gasteiger partial charge >= 0.3 is 0 Å². The van der Waals surface area contributed by atoms with E-state index >= 15 is 0 Å². The first-order valence-electron chi connectivity index (χ1n) is 35.9. The van der Waals surface area contributed by atoms with Gasteiger partial charge in [-0.15, -0.1) is 0 Å². The Morgan fingerprint density at radius 3 is 1.70 bits per heavy atom. The predicted molar refractivity (Wildman–Crippen MR) is 391 cm³/mol. The van der Waals surface area contributed by atoms with Crippen LogP contribution >= 0.6 is 0 Å². The number of nitrogens with zero attached hydrogens (tertiary/aromatic N) is 4. The van der Waals surface area contributed by atoms with E-state index in [0.717, 1.165) is 27.2 Å². The van der Waals surface area contributed by atoms with Crippen molar-refractivity contribution in [2.24, 2.45) is 27.7 Å². The maximum Gasteiger partial charge on any atom is 0.260 e. The number of aliphatic imine (C=N–C) groups is 2. The first-order valence-corrected chi connectivity index (χ1v) is 35.9. The van der Waals surface area contributed by atoms with Crippen molar-refractivity contribution in [2.75, 3.05) is 158 Å². The van der Waals surface area contributed by atoms with Crippen molar-refractivity contribution < 1.29 is 105 Å². The highest BCUT2D eigenvalue weighted by Gasteiger charge is 2.38. The molecule has 10 rings (SSSR count). The lowest BCUT2D eigenvalue weighted by Crippen LogP contribution is -2.53. The van der Waals surface area contributed by atoms with E-state index in [0.29, 0.717) is 181 Å². The van der Waals surface area contributed by atoms with Crippen LogP contribution in [0.25, 0.3) is 11.1 Å². The van der Waals surface area contributed by atoms with E-state index < -0.39 is 41.6 Å². The molecule has 0 saturated heterocycles. The van der Waals surface area contributed by atoms with Crippen LogP contribution in [0, 0.1) is 17.8 Å². The van der Waals surface area contributed by atoms with Crippen LogP contribution < -0.4 is 49.7 Å².